The number of nitrogens with one attached hydrogen (secondary N) is 1. The Morgan fingerprint density at radius 3 is 2.54 bits per heavy atom. The van der Waals surface area contributed by atoms with Gasteiger partial charge in [0.25, 0.3) is 5.91 Å². The zero-order valence-electron chi connectivity index (χ0n) is 22.2. The monoisotopic (exact) mass is 588 g/mol. The Morgan fingerprint density at radius 1 is 1.07 bits per heavy atom. The largest absolute Gasteiger partial charge is 0.416 e. The number of amides is 1. The highest BCUT2D eigenvalue weighted by Gasteiger charge is 2.51. The third-order valence-electron chi connectivity index (χ3n) is 7.33. The Balaban J connectivity index is 1.52. The number of carbonyl (C=O) groups excluding carboxylic acids is 1. The number of hydrogen-bond donors (Lipinski definition) is 3. The summed E-state index contributed by atoms with van der Waals surface area (Å²) >= 11 is 0. The van der Waals surface area contributed by atoms with Crippen LogP contribution in [0.5, 0.6) is 0 Å². The van der Waals surface area contributed by atoms with Gasteiger partial charge in [-0.25, -0.2) is 8.78 Å². The maximum atomic E-state index is 14.2. The molecule has 3 N–H and O–H groups in total. The van der Waals surface area contributed by atoms with Crippen LogP contribution < -0.4 is 5.32 Å². The third-order valence-corrected chi connectivity index (χ3v) is 7.33. The Bertz CT molecular complexity index is 1180. The summed E-state index contributed by atoms with van der Waals surface area (Å²) in [6, 6.07) is 7.95. The van der Waals surface area contributed by atoms with Crippen molar-refractivity contribution >= 4 is 5.91 Å². The van der Waals surface area contributed by atoms with Gasteiger partial charge in [0.05, 0.1) is 44.2 Å². The van der Waals surface area contributed by atoms with E-state index in [4.69, 9.17) is 14.2 Å². The fraction of sp³-hybridized carbons (Fsp3) is 0.536. The Morgan fingerprint density at radius 2 is 1.80 bits per heavy atom. The molecule has 1 amide bonds. The van der Waals surface area contributed by atoms with Crippen molar-refractivity contribution < 1.29 is 51.2 Å². The van der Waals surface area contributed by atoms with Crippen LogP contribution in [0.15, 0.2) is 42.5 Å². The molecule has 1 saturated carbocycles. The molecule has 1 heterocycles. The second-order valence-electron chi connectivity index (χ2n) is 10.2. The molecule has 41 heavy (non-hydrogen) atoms. The van der Waals surface area contributed by atoms with Crippen molar-refractivity contribution in [1.82, 2.24) is 10.2 Å². The summed E-state index contributed by atoms with van der Waals surface area (Å²) < 4.78 is 84.5. The molecule has 0 aromatic heterocycles. The van der Waals surface area contributed by atoms with E-state index in [0.717, 1.165) is 18.2 Å². The maximum absolute atomic E-state index is 14.2. The number of benzene rings is 2. The number of hydrogen-bond acceptors (Lipinski definition) is 7. The summed E-state index contributed by atoms with van der Waals surface area (Å²) in [5.74, 6) is -2.87. The normalized spacial score (nSPS) is 25.7. The van der Waals surface area contributed by atoms with Crippen LogP contribution in [0.1, 0.15) is 29.5 Å². The lowest BCUT2D eigenvalue weighted by Gasteiger charge is -2.44. The van der Waals surface area contributed by atoms with Crippen molar-refractivity contribution in [3.8, 4) is 0 Å². The molecule has 1 aliphatic carbocycles. The van der Waals surface area contributed by atoms with Crippen LogP contribution in [-0.4, -0.2) is 84.3 Å². The molecule has 13 heteroatoms. The van der Waals surface area contributed by atoms with E-state index in [2.05, 4.69) is 10.2 Å². The fourth-order valence-corrected chi connectivity index (χ4v) is 4.99. The second-order valence-corrected chi connectivity index (χ2v) is 10.2. The number of halogens is 5. The molecule has 2 aromatic rings. The molecule has 1 unspecified atom stereocenters. The van der Waals surface area contributed by atoms with Crippen molar-refractivity contribution in [1.29, 1.82) is 0 Å². The van der Waals surface area contributed by atoms with Crippen LogP contribution >= 0.6 is 0 Å². The quantitative estimate of drug-likeness (QED) is 0.367. The average molecular weight is 589 g/mol. The number of rotatable bonds is 10. The van der Waals surface area contributed by atoms with Crippen LogP contribution in [0.3, 0.4) is 0 Å². The van der Waals surface area contributed by atoms with Crippen molar-refractivity contribution in [2.24, 2.45) is 0 Å². The predicted molar refractivity (Wildman–Crippen MR) is 135 cm³/mol. The van der Waals surface area contributed by atoms with Crippen LogP contribution in [0.25, 0.3) is 0 Å². The van der Waals surface area contributed by atoms with Crippen LogP contribution in [0, 0.1) is 11.6 Å². The molecule has 1 saturated heterocycles. The molecule has 1 aliphatic heterocycles. The number of aliphatic hydroxyl groups is 2. The first kappa shape index (κ1) is 31.3. The van der Waals surface area contributed by atoms with Crippen LogP contribution in [0.2, 0.25) is 0 Å². The van der Waals surface area contributed by atoms with Gasteiger partial charge in [0.15, 0.2) is 17.2 Å². The van der Waals surface area contributed by atoms with E-state index >= 15 is 0 Å². The summed E-state index contributed by atoms with van der Waals surface area (Å²) in [7, 11) is 0. The summed E-state index contributed by atoms with van der Waals surface area (Å²) in [6.45, 7) is 2.33. The molecular formula is C28H33F5N2O6. The van der Waals surface area contributed by atoms with Gasteiger partial charge >= 0.3 is 6.18 Å². The van der Waals surface area contributed by atoms with E-state index in [1.54, 1.807) is 0 Å². The Labute approximate surface area is 234 Å². The minimum absolute atomic E-state index is 0.136. The van der Waals surface area contributed by atoms with E-state index in [9.17, 15) is 37.0 Å². The molecule has 8 nitrogen and oxygen atoms in total. The highest BCUT2D eigenvalue weighted by atomic mass is 19.4. The third kappa shape index (κ3) is 7.99. The van der Waals surface area contributed by atoms with Gasteiger partial charge in [0.2, 0.25) is 0 Å². The summed E-state index contributed by atoms with van der Waals surface area (Å²) in [5.41, 5.74) is -2.69. The molecule has 2 aliphatic rings. The molecule has 226 valence electrons. The second kappa shape index (κ2) is 13.5. The van der Waals surface area contributed by atoms with Crippen molar-refractivity contribution in [2.75, 3.05) is 39.4 Å². The molecule has 2 aromatic carbocycles. The fourth-order valence-electron chi connectivity index (χ4n) is 4.99. The van der Waals surface area contributed by atoms with Gasteiger partial charge in [-0.1, -0.05) is 24.3 Å². The zero-order valence-corrected chi connectivity index (χ0v) is 22.2. The van der Waals surface area contributed by atoms with E-state index < -0.39 is 66.4 Å². The molecule has 0 spiro atoms. The summed E-state index contributed by atoms with van der Waals surface area (Å²) in [5, 5.41) is 24.1. The van der Waals surface area contributed by atoms with Gasteiger partial charge in [-0.3, -0.25) is 9.69 Å². The van der Waals surface area contributed by atoms with Gasteiger partial charge in [0.1, 0.15) is 6.10 Å². The molecular weight excluding hydrogens is 555 g/mol. The highest BCUT2D eigenvalue weighted by molar-refractivity contribution is 5.85. The van der Waals surface area contributed by atoms with Gasteiger partial charge in [-0.2, -0.15) is 13.2 Å². The summed E-state index contributed by atoms with van der Waals surface area (Å²) in [6.07, 6.45) is -9.50. The zero-order chi connectivity index (χ0) is 29.6. The molecule has 0 bridgehead atoms. The maximum Gasteiger partial charge on any atom is 0.416 e. The molecule has 0 radical (unpaired) electrons. The van der Waals surface area contributed by atoms with E-state index in [0.29, 0.717) is 32.8 Å². The minimum Gasteiger partial charge on any atom is -0.390 e. The van der Waals surface area contributed by atoms with Crippen molar-refractivity contribution in [3.05, 3.63) is 70.8 Å². The number of alkyl halides is 3. The summed E-state index contributed by atoms with van der Waals surface area (Å²) in [4.78, 5) is 15.6. The molecule has 4 atom stereocenters. The molecule has 4 rings (SSSR count). The SMILES string of the molecule is O=C(NCCN1CCOCC1)[C@@]1(OCc2cccc(C(F)(F)F)c2)CC(OCc2cccc(F)c2F)[C@H](O)[C@H](O)C1. The highest BCUT2D eigenvalue weighted by Crippen LogP contribution is 2.36. The number of nitrogens with zero attached hydrogens (tertiary/aromatic N) is 1. The van der Waals surface area contributed by atoms with E-state index in [-0.39, 0.29) is 30.5 Å². The lowest BCUT2D eigenvalue weighted by atomic mass is 9.78. The smallest absolute Gasteiger partial charge is 0.390 e. The first-order chi connectivity index (χ1) is 19.5. The van der Waals surface area contributed by atoms with E-state index in [1.807, 2.05) is 0 Å². The number of aliphatic hydroxyl groups excluding tert-OH is 2. The Hall–Kier alpha value is -2.68. The first-order valence-corrected chi connectivity index (χ1v) is 13.3. The van der Waals surface area contributed by atoms with Gasteiger partial charge < -0.3 is 29.7 Å². The van der Waals surface area contributed by atoms with Gasteiger partial charge in [-0.15, -0.1) is 0 Å². The minimum atomic E-state index is -4.58. The number of ether oxygens (including phenoxy) is 3. The van der Waals surface area contributed by atoms with Crippen LogP contribution in [-0.2, 0) is 38.4 Å². The predicted octanol–water partition coefficient (Wildman–Crippen LogP) is 2.79. The number of morpholine rings is 1. The van der Waals surface area contributed by atoms with Crippen molar-refractivity contribution in [3.63, 3.8) is 0 Å². The lowest BCUT2D eigenvalue weighted by Crippen LogP contribution is -2.61. The van der Waals surface area contributed by atoms with Crippen LogP contribution in [0.4, 0.5) is 22.0 Å². The molecule has 2 fully saturated rings. The average Bonchev–Trinajstić information content (AvgIpc) is 2.95. The lowest BCUT2D eigenvalue weighted by molar-refractivity contribution is -0.200. The van der Waals surface area contributed by atoms with E-state index in [1.165, 1.54) is 24.3 Å². The number of carbonyl (C=O) groups is 1. The van der Waals surface area contributed by atoms with Gasteiger partial charge in [-0.05, 0) is 23.8 Å². The topological polar surface area (TPSA) is 100 Å². The van der Waals surface area contributed by atoms with Gasteiger partial charge in [0, 0.05) is 44.6 Å². The first-order valence-electron chi connectivity index (χ1n) is 13.3. The standard InChI is InChI=1S/C28H33F5N2O6/c29-21-6-2-4-19(24(21)30)17-40-23-15-27(14-22(36)25(23)37,26(38)34-7-8-35-9-11-39-12-10-35)41-16-18-3-1-5-20(13-18)28(31,32)33/h1-6,13,22-23,25,36-37H,7-12,14-17H2,(H,34,38)/t22-,23?,25-,27+/m1/s1. The Kier molecular flexibility index (Phi) is 10.3. The van der Waals surface area contributed by atoms with Crippen molar-refractivity contribution in [2.45, 2.75) is 56.1 Å².